The van der Waals surface area contributed by atoms with Gasteiger partial charge >= 0.3 is 0 Å². The minimum absolute atomic E-state index is 0.0436. The average molecular weight is 346 g/mol. The molecule has 0 amide bonds. The first-order chi connectivity index (χ1) is 11.6. The number of rotatable bonds is 3. The number of imidazole rings is 1. The van der Waals surface area contributed by atoms with E-state index >= 15 is 0 Å². The van der Waals surface area contributed by atoms with Crippen LogP contribution in [0.5, 0.6) is 0 Å². The molecule has 1 aliphatic carbocycles. The van der Waals surface area contributed by atoms with Crippen LogP contribution in [-0.4, -0.2) is 54.3 Å². The maximum Gasteiger partial charge on any atom is 0.243 e. The van der Waals surface area contributed by atoms with Crippen molar-refractivity contribution in [2.24, 2.45) is 0 Å². The summed E-state index contributed by atoms with van der Waals surface area (Å²) in [5, 5.41) is 0. The summed E-state index contributed by atoms with van der Waals surface area (Å²) in [5.74, 6) is 0.811. The Morgan fingerprint density at radius 1 is 1.21 bits per heavy atom. The molecule has 0 spiro atoms. The highest BCUT2D eigenvalue weighted by Gasteiger charge is 2.34. The van der Waals surface area contributed by atoms with Crippen molar-refractivity contribution in [1.29, 1.82) is 0 Å². The van der Waals surface area contributed by atoms with Crippen molar-refractivity contribution in [2.45, 2.75) is 30.2 Å². The van der Waals surface area contributed by atoms with Gasteiger partial charge in [0.2, 0.25) is 10.0 Å². The van der Waals surface area contributed by atoms with Gasteiger partial charge in [0.05, 0.1) is 10.9 Å². The lowest BCUT2D eigenvalue weighted by Crippen LogP contribution is -2.49. The summed E-state index contributed by atoms with van der Waals surface area (Å²) < 4.78 is 27.8. The third-order valence-corrected chi connectivity index (χ3v) is 7.01. The van der Waals surface area contributed by atoms with Crippen molar-refractivity contribution >= 4 is 10.0 Å². The van der Waals surface area contributed by atoms with Gasteiger partial charge in [-0.2, -0.15) is 4.31 Å². The van der Waals surface area contributed by atoms with Crippen molar-refractivity contribution in [3.8, 4) is 0 Å². The molecule has 0 unspecified atom stereocenters. The number of fused-ring (bicyclic) bond motifs is 1. The molecule has 1 fully saturated rings. The lowest BCUT2D eigenvalue weighted by atomic mass is 10.1. The molecule has 1 aromatic heterocycles. The summed E-state index contributed by atoms with van der Waals surface area (Å²) in [5.41, 5.74) is 2.48. The summed E-state index contributed by atoms with van der Waals surface area (Å²) in [4.78, 5) is 9.99. The van der Waals surface area contributed by atoms with E-state index in [4.69, 9.17) is 0 Å². The van der Waals surface area contributed by atoms with E-state index in [0.717, 1.165) is 25.1 Å². The lowest BCUT2D eigenvalue weighted by molar-refractivity contribution is 0.142. The summed E-state index contributed by atoms with van der Waals surface area (Å²) in [6, 6.07) is 5.57. The molecule has 24 heavy (non-hydrogen) atoms. The zero-order valence-electron chi connectivity index (χ0n) is 13.8. The molecule has 2 aromatic rings. The van der Waals surface area contributed by atoms with Crippen LogP contribution in [0.3, 0.4) is 0 Å². The fraction of sp³-hybridized carbons (Fsp3) is 0.471. The number of nitrogens with one attached hydrogen (secondary N) is 1. The van der Waals surface area contributed by atoms with Gasteiger partial charge in [-0.15, -0.1) is 0 Å². The number of aromatic amines is 1. The molecular weight excluding hydrogens is 324 g/mol. The third-order valence-electron chi connectivity index (χ3n) is 5.15. The zero-order chi connectivity index (χ0) is 16.7. The number of nitrogens with zero attached hydrogens (tertiary/aromatic N) is 3. The third kappa shape index (κ3) is 2.66. The van der Waals surface area contributed by atoms with E-state index in [-0.39, 0.29) is 6.04 Å². The second-order valence-electron chi connectivity index (χ2n) is 6.62. The number of piperazine rings is 1. The van der Waals surface area contributed by atoms with Crippen LogP contribution in [0.25, 0.3) is 0 Å². The highest BCUT2D eigenvalue weighted by molar-refractivity contribution is 7.89. The quantitative estimate of drug-likeness (QED) is 0.916. The minimum atomic E-state index is -3.47. The monoisotopic (exact) mass is 346 g/mol. The number of hydrogen-bond acceptors (Lipinski definition) is 4. The highest BCUT2D eigenvalue weighted by atomic mass is 32.2. The van der Waals surface area contributed by atoms with Gasteiger partial charge < -0.3 is 4.98 Å². The number of sulfonamides is 1. The van der Waals surface area contributed by atoms with Gasteiger partial charge in [0.25, 0.3) is 0 Å². The fourth-order valence-electron chi connectivity index (χ4n) is 3.68. The Hall–Kier alpha value is -1.70. The zero-order valence-corrected chi connectivity index (χ0v) is 14.6. The Bertz CT molecular complexity index is 832. The number of aryl methyl sites for hydroxylation is 2. The standard InChI is InChI=1S/C17H22N4O2S/c1-20-9-10-21(12-16(20)17-18-7-8-19-17)24(22,23)15-6-5-13-3-2-4-14(13)11-15/h5-8,11,16H,2-4,9-10,12H2,1H3,(H,18,19)/t16-/m0/s1. The van der Waals surface area contributed by atoms with Crippen LogP contribution >= 0.6 is 0 Å². The van der Waals surface area contributed by atoms with E-state index in [1.165, 1.54) is 11.1 Å². The van der Waals surface area contributed by atoms with E-state index in [9.17, 15) is 8.42 Å². The molecule has 1 atom stereocenters. The first kappa shape index (κ1) is 15.8. The van der Waals surface area contributed by atoms with E-state index in [0.29, 0.717) is 24.5 Å². The molecular formula is C17H22N4O2S. The summed E-state index contributed by atoms with van der Waals surface area (Å²) in [7, 11) is -1.46. The van der Waals surface area contributed by atoms with Crippen LogP contribution in [0.2, 0.25) is 0 Å². The highest BCUT2D eigenvalue weighted by Crippen LogP contribution is 2.29. The van der Waals surface area contributed by atoms with Crippen molar-refractivity contribution < 1.29 is 8.42 Å². The predicted octanol–water partition coefficient (Wildman–Crippen LogP) is 1.58. The van der Waals surface area contributed by atoms with Crippen molar-refractivity contribution in [3.05, 3.63) is 47.5 Å². The van der Waals surface area contributed by atoms with E-state index < -0.39 is 10.0 Å². The Balaban J connectivity index is 1.62. The molecule has 2 heterocycles. The molecule has 1 aliphatic heterocycles. The smallest absolute Gasteiger partial charge is 0.243 e. The van der Waals surface area contributed by atoms with Crippen LogP contribution in [0.4, 0.5) is 0 Å². The number of hydrogen-bond donors (Lipinski definition) is 1. The Labute approximate surface area is 142 Å². The van der Waals surface area contributed by atoms with E-state index in [1.54, 1.807) is 22.8 Å². The SMILES string of the molecule is CN1CCN(S(=O)(=O)c2ccc3c(c2)CCC3)C[C@H]1c1ncc[nH]1. The molecule has 1 aromatic carbocycles. The van der Waals surface area contributed by atoms with Crippen LogP contribution < -0.4 is 0 Å². The van der Waals surface area contributed by atoms with Crippen LogP contribution in [-0.2, 0) is 22.9 Å². The number of benzene rings is 1. The summed E-state index contributed by atoms with van der Waals surface area (Å²) in [6.45, 7) is 1.62. The Morgan fingerprint density at radius 2 is 2.04 bits per heavy atom. The Kier molecular flexibility index (Phi) is 3.94. The van der Waals surface area contributed by atoms with Gasteiger partial charge in [-0.25, -0.2) is 13.4 Å². The van der Waals surface area contributed by atoms with Gasteiger partial charge in [0.1, 0.15) is 5.82 Å². The maximum absolute atomic E-state index is 13.1. The van der Waals surface area contributed by atoms with Gasteiger partial charge in [0, 0.05) is 32.0 Å². The molecule has 0 radical (unpaired) electrons. The van der Waals surface area contributed by atoms with Gasteiger partial charge in [-0.3, -0.25) is 4.90 Å². The molecule has 7 heteroatoms. The lowest BCUT2D eigenvalue weighted by Gasteiger charge is -2.37. The number of likely N-dealkylation sites (N-methyl/N-ethyl adjacent to an activating group) is 1. The van der Waals surface area contributed by atoms with Crippen molar-refractivity contribution in [1.82, 2.24) is 19.2 Å². The van der Waals surface area contributed by atoms with Crippen molar-refractivity contribution in [2.75, 3.05) is 26.7 Å². The molecule has 1 N–H and O–H groups in total. The van der Waals surface area contributed by atoms with Crippen LogP contribution in [0.1, 0.15) is 29.4 Å². The number of aromatic nitrogens is 2. The second kappa shape index (κ2) is 5.98. The minimum Gasteiger partial charge on any atom is -0.347 e. The largest absolute Gasteiger partial charge is 0.347 e. The van der Waals surface area contributed by atoms with Gasteiger partial charge in [0.15, 0.2) is 0 Å². The summed E-state index contributed by atoms with van der Waals surface area (Å²) in [6.07, 6.45) is 6.64. The fourth-order valence-corrected chi connectivity index (χ4v) is 5.17. The van der Waals surface area contributed by atoms with Crippen molar-refractivity contribution in [3.63, 3.8) is 0 Å². The normalized spacial score (nSPS) is 22.6. The van der Waals surface area contributed by atoms with Gasteiger partial charge in [-0.05, 0) is 49.6 Å². The molecule has 2 aliphatic rings. The molecule has 0 bridgehead atoms. The number of H-pyrrole nitrogens is 1. The maximum atomic E-state index is 13.1. The molecule has 0 saturated carbocycles. The first-order valence-electron chi connectivity index (χ1n) is 8.37. The van der Waals surface area contributed by atoms with Crippen LogP contribution in [0, 0.1) is 0 Å². The predicted molar refractivity (Wildman–Crippen MR) is 91.2 cm³/mol. The average Bonchev–Trinajstić information content (AvgIpc) is 3.26. The topological polar surface area (TPSA) is 69.3 Å². The molecule has 6 nitrogen and oxygen atoms in total. The molecule has 4 rings (SSSR count). The van der Waals surface area contributed by atoms with Crippen LogP contribution in [0.15, 0.2) is 35.5 Å². The van der Waals surface area contributed by atoms with E-state index in [2.05, 4.69) is 14.9 Å². The second-order valence-corrected chi connectivity index (χ2v) is 8.56. The van der Waals surface area contributed by atoms with E-state index in [1.807, 2.05) is 19.2 Å². The Morgan fingerprint density at radius 3 is 2.83 bits per heavy atom. The molecule has 1 saturated heterocycles. The molecule has 128 valence electrons. The van der Waals surface area contributed by atoms with Gasteiger partial charge in [-0.1, -0.05) is 6.07 Å². The first-order valence-corrected chi connectivity index (χ1v) is 9.81. The summed E-state index contributed by atoms with van der Waals surface area (Å²) >= 11 is 0.